The molecule has 4 rings (SSSR count). The highest BCUT2D eigenvalue weighted by Gasteiger charge is 2.10. The molecule has 6 nitrogen and oxygen atoms in total. The Bertz CT molecular complexity index is 1180. The maximum absolute atomic E-state index is 12.5. The molecular weight excluding hydrogens is 374 g/mol. The summed E-state index contributed by atoms with van der Waals surface area (Å²) in [6.07, 6.45) is 6.79. The number of carbonyl (C=O) groups excluding carboxylic acids is 1. The van der Waals surface area contributed by atoms with Gasteiger partial charge in [-0.1, -0.05) is 24.3 Å². The molecule has 150 valence electrons. The number of rotatable bonds is 6. The van der Waals surface area contributed by atoms with Gasteiger partial charge in [0.2, 0.25) is 5.91 Å². The maximum atomic E-state index is 12.5. The van der Waals surface area contributed by atoms with Crippen LogP contribution in [0.1, 0.15) is 11.3 Å². The summed E-state index contributed by atoms with van der Waals surface area (Å²) in [5.41, 5.74) is 3.11. The van der Waals surface area contributed by atoms with E-state index in [-0.39, 0.29) is 5.91 Å². The fourth-order valence-electron chi connectivity index (χ4n) is 3.26. The maximum Gasteiger partial charge on any atom is 0.246 e. The van der Waals surface area contributed by atoms with Crippen molar-refractivity contribution < 1.29 is 4.79 Å². The van der Waals surface area contributed by atoms with Gasteiger partial charge in [-0.25, -0.2) is 9.97 Å². The molecule has 1 aromatic carbocycles. The topological polar surface area (TPSA) is 63.1 Å². The molecule has 0 atom stereocenters. The van der Waals surface area contributed by atoms with Crippen LogP contribution in [0.25, 0.3) is 17.0 Å². The van der Waals surface area contributed by atoms with Gasteiger partial charge >= 0.3 is 0 Å². The zero-order chi connectivity index (χ0) is 20.9. The molecule has 1 amide bonds. The summed E-state index contributed by atoms with van der Waals surface area (Å²) in [5, 5.41) is 4.31. The first-order valence-electron chi connectivity index (χ1n) is 9.71. The Labute approximate surface area is 175 Å². The summed E-state index contributed by atoms with van der Waals surface area (Å²) in [6, 6.07) is 19.8. The van der Waals surface area contributed by atoms with Crippen molar-refractivity contribution in [2.24, 2.45) is 7.05 Å². The number of nitrogens with zero attached hydrogens (tertiary/aromatic N) is 4. The summed E-state index contributed by atoms with van der Waals surface area (Å²) >= 11 is 0. The largest absolute Gasteiger partial charge is 0.346 e. The molecule has 6 heteroatoms. The smallest absolute Gasteiger partial charge is 0.246 e. The molecule has 0 unspecified atom stereocenters. The summed E-state index contributed by atoms with van der Waals surface area (Å²) in [4.78, 5) is 22.8. The average molecular weight is 397 g/mol. The van der Waals surface area contributed by atoms with Crippen LogP contribution in [0.4, 0.5) is 11.6 Å². The highest BCUT2D eigenvalue weighted by atomic mass is 16.2. The summed E-state index contributed by atoms with van der Waals surface area (Å²) < 4.78 is 2.13. The lowest BCUT2D eigenvalue weighted by molar-refractivity contribution is -0.125. The normalized spacial score (nSPS) is 11.1. The van der Waals surface area contributed by atoms with E-state index in [9.17, 15) is 4.79 Å². The van der Waals surface area contributed by atoms with E-state index in [1.807, 2.05) is 56.6 Å². The molecule has 30 heavy (non-hydrogen) atoms. The number of carbonyl (C=O) groups is 1. The van der Waals surface area contributed by atoms with Crippen LogP contribution < -0.4 is 5.32 Å². The van der Waals surface area contributed by atoms with Gasteiger partial charge < -0.3 is 14.8 Å². The SMILES string of the molecule is CN(Cc1cc2ccccc2n1C)C(=O)C=Cc1ccc(Nc2ccccn2)nc1. The van der Waals surface area contributed by atoms with E-state index in [1.165, 1.54) is 5.39 Å². The Morgan fingerprint density at radius 1 is 1.07 bits per heavy atom. The number of amides is 1. The molecular formula is C24H23N5O. The summed E-state index contributed by atoms with van der Waals surface area (Å²) in [7, 11) is 3.83. The minimum absolute atomic E-state index is 0.0593. The number of para-hydroxylation sites is 1. The zero-order valence-corrected chi connectivity index (χ0v) is 17.0. The number of aryl methyl sites for hydroxylation is 1. The molecule has 0 saturated heterocycles. The standard InChI is InChI=1S/C24H23N5O/c1-28(17-20-15-19-7-3-4-8-21(19)29(20)2)24(30)13-11-18-10-12-23(26-16-18)27-22-9-5-6-14-25-22/h3-16H,17H2,1-2H3,(H,25,26,27). The third-order valence-corrected chi connectivity index (χ3v) is 4.95. The lowest BCUT2D eigenvalue weighted by Gasteiger charge is -2.15. The molecule has 1 N–H and O–H groups in total. The van der Waals surface area contributed by atoms with Crippen molar-refractivity contribution in [3.05, 3.63) is 90.4 Å². The van der Waals surface area contributed by atoms with E-state index >= 15 is 0 Å². The van der Waals surface area contributed by atoms with E-state index in [2.05, 4.69) is 38.1 Å². The van der Waals surface area contributed by atoms with E-state index in [1.54, 1.807) is 29.4 Å². The van der Waals surface area contributed by atoms with Crippen molar-refractivity contribution in [1.29, 1.82) is 0 Å². The molecule has 0 aliphatic rings. The molecule has 3 heterocycles. The zero-order valence-electron chi connectivity index (χ0n) is 17.0. The molecule has 0 spiro atoms. The van der Waals surface area contributed by atoms with Gasteiger partial charge in [0, 0.05) is 43.8 Å². The Morgan fingerprint density at radius 3 is 2.60 bits per heavy atom. The first-order valence-corrected chi connectivity index (χ1v) is 9.71. The quantitative estimate of drug-likeness (QED) is 0.490. The number of aromatic nitrogens is 3. The molecule has 3 aromatic heterocycles. The first kappa shape index (κ1) is 19.4. The second-order valence-corrected chi connectivity index (χ2v) is 7.10. The predicted octanol–water partition coefficient (Wildman–Crippen LogP) is 4.38. The lowest BCUT2D eigenvalue weighted by Crippen LogP contribution is -2.25. The van der Waals surface area contributed by atoms with Crippen molar-refractivity contribution in [3.8, 4) is 0 Å². The molecule has 0 fully saturated rings. The number of anilines is 2. The van der Waals surface area contributed by atoms with Crippen molar-refractivity contribution in [2.75, 3.05) is 12.4 Å². The molecule has 0 aliphatic heterocycles. The van der Waals surface area contributed by atoms with Crippen LogP contribution in [-0.4, -0.2) is 32.4 Å². The summed E-state index contributed by atoms with van der Waals surface area (Å²) in [6.45, 7) is 0.541. The van der Waals surface area contributed by atoms with Crippen molar-refractivity contribution in [1.82, 2.24) is 19.4 Å². The van der Waals surface area contributed by atoms with Gasteiger partial charge in [-0.15, -0.1) is 0 Å². The van der Waals surface area contributed by atoms with Crippen LogP contribution >= 0.6 is 0 Å². The van der Waals surface area contributed by atoms with E-state index in [0.717, 1.165) is 22.6 Å². The third kappa shape index (κ3) is 4.38. The number of fused-ring (bicyclic) bond motifs is 1. The highest BCUT2D eigenvalue weighted by Crippen LogP contribution is 2.19. The van der Waals surface area contributed by atoms with Gasteiger partial charge in [-0.2, -0.15) is 0 Å². The van der Waals surface area contributed by atoms with Gasteiger partial charge in [0.15, 0.2) is 0 Å². The van der Waals surface area contributed by atoms with Gasteiger partial charge in [0.25, 0.3) is 0 Å². The summed E-state index contributed by atoms with van der Waals surface area (Å²) in [5.74, 6) is 1.37. The average Bonchev–Trinajstić information content (AvgIpc) is 3.09. The number of hydrogen-bond donors (Lipinski definition) is 1. The van der Waals surface area contributed by atoms with Crippen LogP contribution in [0.5, 0.6) is 0 Å². The minimum Gasteiger partial charge on any atom is -0.346 e. The Morgan fingerprint density at radius 2 is 1.87 bits per heavy atom. The molecule has 4 aromatic rings. The van der Waals surface area contributed by atoms with Crippen molar-refractivity contribution in [3.63, 3.8) is 0 Å². The van der Waals surface area contributed by atoms with Gasteiger partial charge in [-0.3, -0.25) is 4.79 Å². The Kier molecular flexibility index (Phi) is 5.57. The van der Waals surface area contributed by atoms with E-state index < -0.39 is 0 Å². The number of hydrogen-bond acceptors (Lipinski definition) is 4. The van der Waals surface area contributed by atoms with Gasteiger partial charge in [-0.05, 0) is 53.4 Å². The van der Waals surface area contributed by atoms with E-state index in [0.29, 0.717) is 12.4 Å². The highest BCUT2D eigenvalue weighted by molar-refractivity contribution is 5.91. The van der Waals surface area contributed by atoms with Gasteiger partial charge in [0.05, 0.1) is 6.54 Å². The van der Waals surface area contributed by atoms with Crippen LogP contribution in [0.15, 0.2) is 79.1 Å². The molecule has 0 bridgehead atoms. The Hall–Kier alpha value is -3.93. The number of nitrogens with one attached hydrogen (secondary N) is 1. The fourth-order valence-corrected chi connectivity index (χ4v) is 3.26. The molecule has 0 radical (unpaired) electrons. The Balaban J connectivity index is 1.38. The fraction of sp³-hybridized carbons (Fsp3) is 0.125. The number of pyridine rings is 2. The monoisotopic (exact) mass is 397 g/mol. The lowest BCUT2D eigenvalue weighted by atomic mass is 10.2. The van der Waals surface area contributed by atoms with Crippen LogP contribution in [0, 0.1) is 0 Å². The van der Waals surface area contributed by atoms with Crippen molar-refractivity contribution in [2.45, 2.75) is 6.54 Å². The predicted molar refractivity (Wildman–Crippen MR) is 120 cm³/mol. The van der Waals surface area contributed by atoms with Crippen molar-refractivity contribution >= 4 is 34.5 Å². The third-order valence-electron chi connectivity index (χ3n) is 4.95. The first-order chi connectivity index (χ1) is 14.6. The van der Waals surface area contributed by atoms with Crippen LogP contribution in [-0.2, 0) is 18.4 Å². The van der Waals surface area contributed by atoms with Crippen LogP contribution in [0.3, 0.4) is 0 Å². The number of likely N-dealkylation sites (N-methyl/N-ethyl adjacent to an activating group) is 1. The van der Waals surface area contributed by atoms with Crippen LogP contribution in [0.2, 0.25) is 0 Å². The second kappa shape index (κ2) is 8.61. The molecule has 0 aliphatic carbocycles. The molecule has 0 saturated carbocycles. The minimum atomic E-state index is -0.0593. The van der Waals surface area contributed by atoms with Gasteiger partial charge in [0.1, 0.15) is 11.6 Å². The number of benzene rings is 1. The second-order valence-electron chi connectivity index (χ2n) is 7.10. The van der Waals surface area contributed by atoms with E-state index in [4.69, 9.17) is 0 Å².